The first-order chi connectivity index (χ1) is 7.98. The van der Waals surface area contributed by atoms with Crippen LogP contribution < -0.4 is 5.32 Å². The van der Waals surface area contributed by atoms with Gasteiger partial charge in [0.25, 0.3) is 0 Å². The topological polar surface area (TPSA) is 36.9 Å². The van der Waals surface area contributed by atoms with Crippen molar-refractivity contribution in [2.75, 3.05) is 26.7 Å². The van der Waals surface area contributed by atoms with Gasteiger partial charge in [-0.05, 0) is 45.8 Å². The second-order valence-electron chi connectivity index (χ2n) is 5.68. The van der Waals surface area contributed by atoms with E-state index < -0.39 is 0 Å². The van der Waals surface area contributed by atoms with Gasteiger partial charge in [0.2, 0.25) is 0 Å². The molecule has 1 heterocycles. The number of oxime groups is 1. The molecule has 1 fully saturated rings. The predicted molar refractivity (Wildman–Crippen MR) is 72.1 cm³/mol. The number of hydrogen-bond donors (Lipinski definition) is 1. The molecule has 1 aliphatic heterocycles. The van der Waals surface area contributed by atoms with Crippen molar-refractivity contribution < 1.29 is 4.84 Å². The average molecular weight is 241 g/mol. The molecule has 1 rings (SSSR count). The van der Waals surface area contributed by atoms with Crippen LogP contribution in [0.5, 0.6) is 0 Å². The van der Waals surface area contributed by atoms with E-state index in [1.807, 2.05) is 0 Å². The highest BCUT2D eigenvalue weighted by molar-refractivity contribution is 5.21. The normalized spacial score (nSPS) is 22.4. The molecule has 0 spiro atoms. The summed E-state index contributed by atoms with van der Waals surface area (Å²) in [5.74, 6) is 1.11. The highest BCUT2D eigenvalue weighted by Crippen LogP contribution is 2.29. The molecule has 17 heavy (non-hydrogen) atoms. The average Bonchev–Trinajstić information content (AvgIpc) is 2.28. The summed E-state index contributed by atoms with van der Waals surface area (Å²) in [6.45, 7) is 13.2. The van der Waals surface area contributed by atoms with Gasteiger partial charge in [0.1, 0.15) is 0 Å². The van der Waals surface area contributed by atoms with E-state index in [-0.39, 0.29) is 5.72 Å². The zero-order valence-corrected chi connectivity index (χ0v) is 11.7. The number of rotatable bonds is 6. The molecule has 1 aliphatic rings. The summed E-state index contributed by atoms with van der Waals surface area (Å²) < 4.78 is 0. The van der Waals surface area contributed by atoms with Crippen molar-refractivity contribution in [1.82, 2.24) is 10.2 Å². The first kappa shape index (κ1) is 14.5. The van der Waals surface area contributed by atoms with E-state index in [2.05, 4.69) is 49.9 Å². The largest absolute Gasteiger partial charge is 0.374 e. The molecule has 0 aromatic heterocycles. The summed E-state index contributed by atoms with van der Waals surface area (Å²) in [5, 5.41) is 7.16. The minimum absolute atomic E-state index is 0.368. The van der Waals surface area contributed by atoms with Gasteiger partial charge in [-0.1, -0.05) is 13.8 Å². The molecule has 0 bridgehead atoms. The SMILES string of the molecule is C=NOC(C)(NCC(C)C)C1CCN(C)CC1. The number of hydrogen-bond acceptors (Lipinski definition) is 4. The van der Waals surface area contributed by atoms with Crippen LogP contribution in [0.2, 0.25) is 0 Å². The highest BCUT2D eigenvalue weighted by atomic mass is 16.7. The summed E-state index contributed by atoms with van der Waals surface area (Å²) in [4.78, 5) is 7.90. The molecule has 100 valence electrons. The molecule has 0 amide bonds. The monoisotopic (exact) mass is 241 g/mol. The van der Waals surface area contributed by atoms with E-state index in [9.17, 15) is 0 Å². The zero-order chi connectivity index (χ0) is 12.9. The van der Waals surface area contributed by atoms with Gasteiger partial charge >= 0.3 is 0 Å². The lowest BCUT2D eigenvalue weighted by molar-refractivity contribution is -0.110. The lowest BCUT2D eigenvalue weighted by Gasteiger charge is -2.40. The van der Waals surface area contributed by atoms with Crippen molar-refractivity contribution in [3.05, 3.63) is 0 Å². The summed E-state index contributed by atoms with van der Waals surface area (Å²) in [6.07, 6.45) is 2.29. The van der Waals surface area contributed by atoms with Crippen LogP contribution in [0.1, 0.15) is 33.6 Å². The van der Waals surface area contributed by atoms with Crippen molar-refractivity contribution in [3.63, 3.8) is 0 Å². The highest BCUT2D eigenvalue weighted by Gasteiger charge is 2.38. The van der Waals surface area contributed by atoms with Crippen LogP contribution in [0.25, 0.3) is 0 Å². The Labute approximate surface area is 105 Å². The second-order valence-corrected chi connectivity index (χ2v) is 5.68. The smallest absolute Gasteiger partial charge is 0.189 e. The molecule has 4 nitrogen and oxygen atoms in total. The van der Waals surface area contributed by atoms with Crippen molar-refractivity contribution >= 4 is 6.72 Å². The van der Waals surface area contributed by atoms with E-state index in [4.69, 9.17) is 4.84 Å². The fourth-order valence-corrected chi connectivity index (χ4v) is 2.35. The van der Waals surface area contributed by atoms with Crippen LogP contribution in [0.4, 0.5) is 0 Å². The van der Waals surface area contributed by atoms with Crippen LogP contribution >= 0.6 is 0 Å². The first-order valence-corrected chi connectivity index (χ1v) is 6.55. The Morgan fingerprint density at radius 1 is 1.47 bits per heavy atom. The van der Waals surface area contributed by atoms with E-state index in [0.717, 1.165) is 32.5 Å². The number of likely N-dealkylation sites (tertiary alicyclic amines) is 1. The van der Waals surface area contributed by atoms with Crippen LogP contribution in [-0.4, -0.2) is 44.0 Å². The molecule has 1 saturated heterocycles. The molecular weight excluding hydrogens is 214 g/mol. The van der Waals surface area contributed by atoms with Gasteiger partial charge < -0.3 is 9.74 Å². The van der Waals surface area contributed by atoms with Crippen LogP contribution in [-0.2, 0) is 4.84 Å². The van der Waals surface area contributed by atoms with Gasteiger partial charge in [-0.15, -0.1) is 5.16 Å². The van der Waals surface area contributed by atoms with Gasteiger partial charge in [0, 0.05) is 19.2 Å². The third-order valence-corrected chi connectivity index (χ3v) is 3.61. The molecule has 1 atom stereocenters. The maximum atomic E-state index is 5.54. The Bertz CT molecular complexity index is 237. The summed E-state index contributed by atoms with van der Waals surface area (Å²) >= 11 is 0. The maximum absolute atomic E-state index is 5.54. The van der Waals surface area contributed by atoms with Gasteiger partial charge in [-0.3, -0.25) is 5.32 Å². The Balaban J connectivity index is 2.59. The van der Waals surface area contributed by atoms with E-state index >= 15 is 0 Å². The predicted octanol–water partition coefficient (Wildman–Crippen LogP) is 1.92. The number of nitrogens with zero attached hydrogens (tertiary/aromatic N) is 2. The zero-order valence-electron chi connectivity index (χ0n) is 11.7. The molecule has 0 saturated carbocycles. The lowest BCUT2D eigenvalue weighted by Crippen LogP contribution is -2.54. The third kappa shape index (κ3) is 4.28. The summed E-state index contributed by atoms with van der Waals surface area (Å²) in [5.41, 5.74) is -0.368. The molecule has 0 aromatic rings. The maximum Gasteiger partial charge on any atom is 0.189 e. The Hall–Kier alpha value is -0.610. The molecule has 1 unspecified atom stereocenters. The Morgan fingerprint density at radius 2 is 2.06 bits per heavy atom. The van der Waals surface area contributed by atoms with Crippen molar-refractivity contribution in [3.8, 4) is 0 Å². The minimum atomic E-state index is -0.368. The molecule has 0 aromatic carbocycles. The molecule has 0 radical (unpaired) electrons. The van der Waals surface area contributed by atoms with Crippen molar-refractivity contribution in [2.24, 2.45) is 17.0 Å². The number of piperidine rings is 1. The first-order valence-electron chi connectivity index (χ1n) is 6.55. The van der Waals surface area contributed by atoms with Crippen LogP contribution in [0, 0.1) is 11.8 Å². The summed E-state index contributed by atoms with van der Waals surface area (Å²) in [7, 11) is 2.17. The lowest BCUT2D eigenvalue weighted by atomic mass is 9.87. The van der Waals surface area contributed by atoms with Gasteiger partial charge in [0.15, 0.2) is 5.72 Å². The third-order valence-electron chi connectivity index (χ3n) is 3.61. The van der Waals surface area contributed by atoms with Crippen LogP contribution in [0.3, 0.4) is 0 Å². The van der Waals surface area contributed by atoms with E-state index in [0.29, 0.717) is 11.8 Å². The quantitative estimate of drug-likeness (QED) is 0.438. The molecule has 0 aliphatic carbocycles. The van der Waals surface area contributed by atoms with E-state index in [1.54, 1.807) is 0 Å². The molecule has 1 N–H and O–H groups in total. The van der Waals surface area contributed by atoms with Crippen molar-refractivity contribution in [2.45, 2.75) is 39.3 Å². The van der Waals surface area contributed by atoms with E-state index in [1.165, 1.54) is 0 Å². The fourth-order valence-electron chi connectivity index (χ4n) is 2.35. The fraction of sp³-hybridized carbons (Fsp3) is 0.923. The number of nitrogens with one attached hydrogen (secondary N) is 1. The van der Waals surface area contributed by atoms with Gasteiger partial charge in [-0.25, -0.2) is 0 Å². The molecule has 4 heteroatoms. The molecular formula is C13H27N3O. The Kier molecular flexibility index (Phi) is 5.40. The second kappa shape index (κ2) is 6.36. The van der Waals surface area contributed by atoms with Gasteiger partial charge in [-0.2, -0.15) is 0 Å². The summed E-state index contributed by atoms with van der Waals surface area (Å²) in [6, 6.07) is 0. The minimum Gasteiger partial charge on any atom is -0.374 e. The van der Waals surface area contributed by atoms with Gasteiger partial charge in [0.05, 0.1) is 0 Å². The van der Waals surface area contributed by atoms with Crippen molar-refractivity contribution in [1.29, 1.82) is 0 Å². The van der Waals surface area contributed by atoms with Crippen LogP contribution in [0.15, 0.2) is 5.16 Å². The Morgan fingerprint density at radius 3 is 2.53 bits per heavy atom. The standard InChI is InChI=1S/C13H27N3O/c1-11(2)10-15-13(3,17-14-4)12-6-8-16(5)9-7-12/h11-12,15H,4,6-10H2,1-3,5H3.